The Morgan fingerprint density at radius 2 is 2.12 bits per heavy atom. The fourth-order valence-electron chi connectivity index (χ4n) is 2.74. The molecule has 0 bridgehead atoms. The maximum atomic E-state index is 11.4. The summed E-state index contributed by atoms with van der Waals surface area (Å²) >= 11 is 12.1. The summed E-state index contributed by atoms with van der Waals surface area (Å²) < 4.78 is 16.0. The van der Waals surface area contributed by atoms with Crippen LogP contribution >= 0.6 is 23.2 Å². The Balaban J connectivity index is 2.14. The molecule has 2 unspecified atom stereocenters. The largest absolute Gasteiger partial charge is 0.465 e. The number of ether oxygens (including phenoxy) is 3. The molecule has 0 aromatic heterocycles. The van der Waals surface area contributed by atoms with Crippen LogP contribution in [0.1, 0.15) is 18.4 Å². The number of carbonyl (C=O) groups excluding carboxylic acids is 1. The van der Waals surface area contributed by atoms with Crippen molar-refractivity contribution in [3.63, 3.8) is 0 Å². The molecule has 2 atom stereocenters. The highest BCUT2D eigenvalue weighted by molar-refractivity contribution is 6.42. The monoisotopic (exact) mass is 405 g/mol. The first kappa shape index (κ1) is 20.8. The number of rotatable bonds is 6. The van der Waals surface area contributed by atoms with Gasteiger partial charge in [0.15, 0.2) is 0 Å². The van der Waals surface area contributed by atoms with Gasteiger partial charge >= 0.3 is 12.1 Å². The fraction of sp³-hybridized carbons (Fsp3) is 0.529. The summed E-state index contributed by atoms with van der Waals surface area (Å²) in [5.41, 5.74) is 0.789. The SMILES string of the molecule is CCOC(=O)COCC1OCCN(C(=O)O)CC1c1ccc(Cl)c(Cl)c1. The van der Waals surface area contributed by atoms with Gasteiger partial charge < -0.3 is 24.2 Å². The number of amides is 1. The minimum Gasteiger partial charge on any atom is -0.465 e. The maximum absolute atomic E-state index is 11.4. The van der Waals surface area contributed by atoms with Gasteiger partial charge in [0.1, 0.15) is 6.61 Å². The average molecular weight is 406 g/mol. The predicted octanol–water partition coefficient (Wildman–Crippen LogP) is 3.04. The first-order valence-corrected chi connectivity index (χ1v) is 8.95. The lowest BCUT2D eigenvalue weighted by atomic mass is 9.93. The zero-order valence-electron chi connectivity index (χ0n) is 14.3. The van der Waals surface area contributed by atoms with Crippen LogP contribution in [-0.2, 0) is 19.0 Å². The molecule has 7 nitrogen and oxygen atoms in total. The van der Waals surface area contributed by atoms with Gasteiger partial charge in [-0.1, -0.05) is 29.3 Å². The third kappa shape index (κ3) is 5.74. The van der Waals surface area contributed by atoms with Gasteiger partial charge in [0.25, 0.3) is 0 Å². The number of halogens is 2. The summed E-state index contributed by atoms with van der Waals surface area (Å²) in [6.07, 6.45) is -1.46. The van der Waals surface area contributed by atoms with Crippen molar-refractivity contribution < 1.29 is 28.9 Å². The lowest BCUT2D eigenvalue weighted by Crippen LogP contribution is -2.36. The summed E-state index contributed by atoms with van der Waals surface area (Å²) in [6, 6.07) is 5.14. The minimum absolute atomic E-state index is 0.122. The second-order valence-electron chi connectivity index (χ2n) is 5.74. The number of carbonyl (C=O) groups is 2. The van der Waals surface area contributed by atoms with Gasteiger partial charge in [0.05, 0.1) is 36.0 Å². The molecule has 2 rings (SSSR count). The van der Waals surface area contributed by atoms with Crippen LogP contribution in [0.2, 0.25) is 10.0 Å². The van der Waals surface area contributed by atoms with Crippen molar-refractivity contribution in [1.29, 1.82) is 0 Å². The Kier molecular flexibility index (Phi) is 7.96. The number of benzene rings is 1. The molecule has 1 N–H and O–H groups in total. The van der Waals surface area contributed by atoms with E-state index in [-0.39, 0.29) is 45.4 Å². The van der Waals surface area contributed by atoms with Crippen LogP contribution in [0.5, 0.6) is 0 Å². The second kappa shape index (κ2) is 9.97. The van der Waals surface area contributed by atoms with E-state index >= 15 is 0 Å². The van der Waals surface area contributed by atoms with E-state index in [1.54, 1.807) is 25.1 Å². The standard InChI is InChI=1S/C17H21Cl2NO6/c1-2-25-16(21)10-24-9-15-12(8-20(17(22)23)5-6-26-15)11-3-4-13(18)14(19)7-11/h3-4,7,12,15H,2,5-6,8-10H2,1H3,(H,22,23). The highest BCUT2D eigenvalue weighted by atomic mass is 35.5. The molecule has 9 heteroatoms. The minimum atomic E-state index is -1.02. The fourth-order valence-corrected chi connectivity index (χ4v) is 3.05. The predicted molar refractivity (Wildman–Crippen MR) is 96.0 cm³/mol. The zero-order valence-corrected chi connectivity index (χ0v) is 15.8. The van der Waals surface area contributed by atoms with Crippen LogP contribution in [-0.4, -0.2) is 67.7 Å². The average Bonchev–Trinajstić information content (AvgIpc) is 2.80. The van der Waals surface area contributed by atoms with E-state index in [4.69, 9.17) is 37.4 Å². The van der Waals surface area contributed by atoms with Gasteiger partial charge in [-0.05, 0) is 24.6 Å². The lowest BCUT2D eigenvalue weighted by molar-refractivity contribution is -0.150. The molecule has 1 heterocycles. The lowest BCUT2D eigenvalue weighted by Gasteiger charge is -2.27. The van der Waals surface area contributed by atoms with E-state index in [1.807, 2.05) is 0 Å². The van der Waals surface area contributed by atoms with Gasteiger partial charge in [-0.25, -0.2) is 9.59 Å². The molecule has 144 valence electrons. The molecule has 1 amide bonds. The molecular weight excluding hydrogens is 385 g/mol. The molecule has 0 radical (unpaired) electrons. The zero-order chi connectivity index (χ0) is 19.1. The molecule has 1 aliphatic heterocycles. The third-order valence-electron chi connectivity index (χ3n) is 4.01. The van der Waals surface area contributed by atoms with Crippen LogP contribution in [0, 0.1) is 0 Å². The second-order valence-corrected chi connectivity index (χ2v) is 6.55. The van der Waals surface area contributed by atoms with E-state index in [0.717, 1.165) is 5.56 Å². The Hall–Kier alpha value is -1.54. The number of hydrogen-bond donors (Lipinski definition) is 1. The maximum Gasteiger partial charge on any atom is 0.407 e. The summed E-state index contributed by atoms with van der Waals surface area (Å²) in [7, 11) is 0. The quantitative estimate of drug-likeness (QED) is 0.731. The smallest absolute Gasteiger partial charge is 0.407 e. The van der Waals surface area contributed by atoms with Crippen molar-refractivity contribution >= 4 is 35.3 Å². The van der Waals surface area contributed by atoms with Crippen LogP contribution < -0.4 is 0 Å². The summed E-state index contributed by atoms with van der Waals surface area (Å²) in [5.74, 6) is -0.773. The first-order chi connectivity index (χ1) is 12.4. The van der Waals surface area contributed by atoms with E-state index in [1.165, 1.54) is 4.90 Å². The summed E-state index contributed by atoms with van der Waals surface area (Å²) in [5, 5.41) is 10.1. The van der Waals surface area contributed by atoms with Crippen LogP contribution in [0.4, 0.5) is 4.79 Å². The van der Waals surface area contributed by atoms with Gasteiger partial charge in [0, 0.05) is 19.0 Å². The van der Waals surface area contributed by atoms with Crippen molar-refractivity contribution in [3.8, 4) is 0 Å². The Bertz CT molecular complexity index is 642. The topological polar surface area (TPSA) is 85.3 Å². The summed E-state index contributed by atoms with van der Waals surface area (Å²) in [6.45, 7) is 2.64. The normalized spacial score (nSPS) is 20.5. The number of hydrogen-bond acceptors (Lipinski definition) is 5. The molecule has 1 saturated heterocycles. The molecule has 1 fully saturated rings. The van der Waals surface area contributed by atoms with Gasteiger partial charge in [-0.15, -0.1) is 0 Å². The highest BCUT2D eigenvalue weighted by Gasteiger charge is 2.32. The van der Waals surface area contributed by atoms with Gasteiger partial charge in [-0.2, -0.15) is 0 Å². The van der Waals surface area contributed by atoms with Crippen molar-refractivity contribution in [3.05, 3.63) is 33.8 Å². The Labute approximate surface area is 161 Å². The van der Waals surface area contributed by atoms with Crippen molar-refractivity contribution in [2.45, 2.75) is 18.9 Å². The van der Waals surface area contributed by atoms with E-state index in [2.05, 4.69) is 0 Å². The van der Waals surface area contributed by atoms with Gasteiger partial charge in [0.2, 0.25) is 0 Å². The number of carboxylic acid groups (broad SMARTS) is 1. The molecule has 1 aromatic rings. The van der Waals surface area contributed by atoms with E-state index < -0.39 is 18.2 Å². The van der Waals surface area contributed by atoms with Crippen molar-refractivity contribution in [1.82, 2.24) is 4.90 Å². The molecule has 1 aromatic carbocycles. The molecule has 1 aliphatic rings. The summed E-state index contributed by atoms with van der Waals surface area (Å²) in [4.78, 5) is 24.1. The van der Waals surface area contributed by atoms with Crippen LogP contribution in [0.25, 0.3) is 0 Å². The molecular formula is C17H21Cl2NO6. The molecule has 0 saturated carbocycles. The number of esters is 1. The molecule has 0 spiro atoms. The van der Waals surface area contributed by atoms with Crippen molar-refractivity contribution in [2.75, 3.05) is 39.5 Å². The Morgan fingerprint density at radius 1 is 1.35 bits per heavy atom. The molecule has 26 heavy (non-hydrogen) atoms. The van der Waals surface area contributed by atoms with Crippen molar-refractivity contribution in [2.24, 2.45) is 0 Å². The molecule has 0 aliphatic carbocycles. The Morgan fingerprint density at radius 3 is 2.77 bits per heavy atom. The highest BCUT2D eigenvalue weighted by Crippen LogP contribution is 2.31. The number of nitrogens with zero attached hydrogens (tertiary/aromatic N) is 1. The van der Waals surface area contributed by atoms with Gasteiger partial charge in [-0.3, -0.25) is 0 Å². The third-order valence-corrected chi connectivity index (χ3v) is 4.75. The first-order valence-electron chi connectivity index (χ1n) is 8.20. The van der Waals surface area contributed by atoms with Crippen LogP contribution in [0.3, 0.4) is 0 Å². The van der Waals surface area contributed by atoms with E-state index in [0.29, 0.717) is 10.0 Å². The van der Waals surface area contributed by atoms with E-state index in [9.17, 15) is 14.7 Å². The van der Waals surface area contributed by atoms with Crippen LogP contribution in [0.15, 0.2) is 18.2 Å².